The summed E-state index contributed by atoms with van der Waals surface area (Å²) in [7, 11) is 0. The van der Waals surface area contributed by atoms with Crippen LogP contribution in [0.3, 0.4) is 0 Å². The molecule has 132 valence electrons. The molecule has 0 amide bonds. The molecule has 2 aromatic carbocycles. The first-order chi connectivity index (χ1) is 12.7. The number of hydrogen-bond acceptors (Lipinski definition) is 6. The van der Waals surface area contributed by atoms with Gasteiger partial charge in [0, 0.05) is 35.1 Å². The molecule has 0 saturated carbocycles. The van der Waals surface area contributed by atoms with Gasteiger partial charge in [-0.2, -0.15) is 0 Å². The highest BCUT2D eigenvalue weighted by atomic mass is 79.9. The van der Waals surface area contributed by atoms with Crippen molar-refractivity contribution < 1.29 is 0 Å². The van der Waals surface area contributed by atoms with Crippen molar-refractivity contribution in [2.75, 3.05) is 36.0 Å². The summed E-state index contributed by atoms with van der Waals surface area (Å²) in [5, 5.41) is 2.23. The van der Waals surface area contributed by atoms with Gasteiger partial charge in [-0.05, 0) is 36.4 Å². The number of rotatable bonds is 2. The van der Waals surface area contributed by atoms with E-state index in [2.05, 4.69) is 78.1 Å². The fraction of sp³-hybridized carbons (Fsp3) is 0.222. The van der Waals surface area contributed by atoms with Gasteiger partial charge in [-0.1, -0.05) is 54.5 Å². The van der Waals surface area contributed by atoms with E-state index < -0.39 is 0 Å². The van der Waals surface area contributed by atoms with Crippen LogP contribution < -0.4 is 9.80 Å². The van der Waals surface area contributed by atoms with Crippen molar-refractivity contribution in [2.45, 2.75) is 0 Å². The normalized spacial score (nSPS) is 15.3. The third-order valence-corrected chi connectivity index (χ3v) is 7.64. The molecule has 1 aliphatic rings. The monoisotopic (exact) mass is 508 g/mol. The van der Waals surface area contributed by atoms with Gasteiger partial charge in [0.15, 0.2) is 10.3 Å². The second kappa shape index (κ2) is 6.74. The summed E-state index contributed by atoms with van der Waals surface area (Å²) in [4.78, 5) is 14.4. The molecule has 8 heteroatoms. The van der Waals surface area contributed by atoms with E-state index >= 15 is 0 Å². The molecule has 26 heavy (non-hydrogen) atoms. The van der Waals surface area contributed by atoms with Gasteiger partial charge in [0.25, 0.3) is 0 Å². The van der Waals surface area contributed by atoms with Gasteiger partial charge in [0.05, 0.1) is 20.4 Å². The summed E-state index contributed by atoms with van der Waals surface area (Å²) in [5.41, 5.74) is 2.15. The summed E-state index contributed by atoms with van der Waals surface area (Å²) < 4.78 is 4.67. The van der Waals surface area contributed by atoms with Crippen LogP contribution >= 0.6 is 54.5 Å². The van der Waals surface area contributed by atoms with Gasteiger partial charge < -0.3 is 9.80 Å². The molecule has 1 fully saturated rings. The Morgan fingerprint density at radius 1 is 0.692 bits per heavy atom. The zero-order valence-electron chi connectivity index (χ0n) is 13.7. The van der Waals surface area contributed by atoms with Gasteiger partial charge in [-0.3, -0.25) is 0 Å². The second-order valence-electron chi connectivity index (χ2n) is 6.19. The Labute approximate surface area is 175 Å². The van der Waals surface area contributed by atoms with E-state index in [1.54, 1.807) is 22.7 Å². The van der Waals surface area contributed by atoms with Crippen molar-refractivity contribution in [2.24, 2.45) is 0 Å². The Hall–Kier alpha value is -1.22. The fourth-order valence-corrected chi connectivity index (χ4v) is 6.27. The van der Waals surface area contributed by atoms with E-state index in [9.17, 15) is 0 Å². The van der Waals surface area contributed by atoms with Crippen LogP contribution in [0.15, 0.2) is 45.3 Å². The number of benzene rings is 2. The van der Waals surface area contributed by atoms with E-state index in [4.69, 9.17) is 9.97 Å². The molecule has 4 aromatic rings. The van der Waals surface area contributed by atoms with Crippen LogP contribution in [0.4, 0.5) is 10.3 Å². The lowest BCUT2D eigenvalue weighted by Crippen LogP contribution is -2.46. The molecule has 0 unspecified atom stereocenters. The van der Waals surface area contributed by atoms with Crippen LogP contribution in [0.1, 0.15) is 0 Å². The quantitative estimate of drug-likeness (QED) is 0.344. The maximum atomic E-state index is 4.81. The Kier molecular flexibility index (Phi) is 4.39. The van der Waals surface area contributed by atoms with E-state index in [1.165, 1.54) is 9.40 Å². The van der Waals surface area contributed by atoms with Crippen LogP contribution in [0, 0.1) is 0 Å². The molecule has 4 nitrogen and oxygen atoms in total. The number of anilines is 2. The summed E-state index contributed by atoms with van der Waals surface area (Å²) in [6.45, 7) is 3.89. The molecular weight excluding hydrogens is 496 g/mol. The minimum absolute atomic E-state index is 0.973. The highest BCUT2D eigenvalue weighted by Crippen LogP contribution is 2.34. The predicted molar refractivity (Wildman–Crippen MR) is 119 cm³/mol. The second-order valence-corrected chi connectivity index (χ2v) is 10.0. The van der Waals surface area contributed by atoms with Crippen molar-refractivity contribution >= 4 is 85.2 Å². The Balaban J connectivity index is 1.34. The third-order valence-electron chi connectivity index (χ3n) is 4.50. The lowest BCUT2D eigenvalue weighted by molar-refractivity contribution is 0.651. The van der Waals surface area contributed by atoms with E-state index in [0.29, 0.717) is 0 Å². The molecule has 0 atom stereocenters. The van der Waals surface area contributed by atoms with Crippen molar-refractivity contribution in [1.82, 2.24) is 9.97 Å². The zero-order chi connectivity index (χ0) is 17.7. The highest BCUT2D eigenvalue weighted by molar-refractivity contribution is 9.10. The number of hydrogen-bond donors (Lipinski definition) is 0. The molecule has 2 aromatic heterocycles. The number of piperazine rings is 1. The summed E-state index contributed by atoms with van der Waals surface area (Å²) in [5.74, 6) is 0. The van der Waals surface area contributed by atoms with Gasteiger partial charge in [-0.15, -0.1) is 0 Å². The van der Waals surface area contributed by atoms with E-state index in [0.717, 1.165) is 56.4 Å². The maximum absolute atomic E-state index is 4.81. The first kappa shape index (κ1) is 16.9. The van der Waals surface area contributed by atoms with Crippen molar-refractivity contribution in [1.29, 1.82) is 0 Å². The lowest BCUT2D eigenvalue weighted by atomic mass is 10.3. The standard InChI is InChI=1S/C18H14Br2N4S2/c19-11-1-3-13-15(9-11)25-17(21-13)23-5-7-24(8-6-23)18-22-14-4-2-12(20)10-16(14)26-18/h1-4,9-10H,5-8H2. The average molecular weight is 510 g/mol. The van der Waals surface area contributed by atoms with Crippen LogP contribution in [0.25, 0.3) is 20.4 Å². The van der Waals surface area contributed by atoms with Gasteiger partial charge in [0.2, 0.25) is 0 Å². The zero-order valence-corrected chi connectivity index (χ0v) is 18.5. The van der Waals surface area contributed by atoms with Gasteiger partial charge >= 0.3 is 0 Å². The van der Waals surface area contributed by atoms with Gasteiger partial charge in [0.1, 0.15) is 0 Å². The number of thiazole rings is 2. The predicted octanol–water partition coefficient (Wildman–Crippen LogP) is 5.76. The topological polar surface area (TPSA) is 32.3 Å². The van der Waals surface area contributed by atoms with Crippen molar-refractivity contribution in [3.63, 3.8) is 0 Å². The number of aromatic nitrogens is 2. The number of fused-ring (bicyclic) bond motifs is 2. The molecule has 1 aliphatic heterocycles. The molecule has 0 radical (unpaired) electrons. The molecule has 5 rings (SSSR count). The minimum atomic E-state index is 0.973. The highest BCUT2D eigenvalue weighted by Gasteiger charge is 2.22. The van der Waals surface area contributed by atoms with Crippen molar-refractivity contribution in [3.8, 4) is 0 Å². The molecule has 0 spiro atoms. The maximum Gasteiger partial charge on any atom is 0.186 e. The van der Waals surface area contributed by atoms with Crippen LogP contribution in [-0.2, 0) is 0 Å². The SMILES string of the molecule is Brc1ccc2nc(N3CCN(c4nc5ccc(Br)cc5s4)CC3)sc2c1. The smallest absolute Gasteiger partial charge is 0.186 e. The minimum Gasteiger partial charge on any atom is -0.345 e. The fourth-order valence-electron chi connectivity index (χ4n) is 3.13. The Bertz CT molecular complexity index is 1010. The largest absolute Gasteiger partial charge is 0.345 e. The summed E-state index contributed by atoms with van der Waals surface area (Å²) in [6, 6.07) is 12.5. The lowest BCUT2D eigenvalue weighted by Gasteiger charge is -2.34. The summed E-state index contributed by atoms with van der Waals surface area (Å²) in [6.07, 6.45) is 0. The first-order valence-electron chi connectivity index (χ1n) is 8.28. The van der Waals surface area contributed by atoms with E-state index in [-0.39, 0.29) is 0 Å². The Morgan fingerprint density at radius 3 is 1.54 bits per heavy atom. The summed E-state index contributed by atoms with van der Waals surface area (Å²) >= 11 is 10.6. The molecule has 1 saturated heterocycles. The molecule has 0 aliphatic carbocycles. The molecule has 3 heterocycles. The van der Waals surface area contributed by atoms with Crippen LogP contribution in [-0.4, -0.2) is 36.1 Å². The first-order valence-corrected chi connectivity index (χ1v) is 11.5. The van der Waals surface area contributed by atoms with E-state index in [1.807, 2.05) is 0 Å². The van der Waals surface area contributed by atoms with Crippen LogP contribution in [0.2, 0.25) is 0 Å². The molecule has 0 bridgehead atoms. The molecule has 0 N–H and O–H groups in total. The third kappa shape index (κ3) is 3.13. The number of halogens is 2. The Morgan fingerprint density at radius 2 is 1.12 bits per heavy atom. The number of nitrogens with zero attached hydrogens (tertiary/aromatic N) is 4. The van der Waals surface area contributed by atoms with Gasteiger partial charge in [-0.25, -0.2) is 9.97 Å². The molecular formula is C18H14Br2N4S2. The van der Waals surface area contributed by atoms with Crippen LogP contribution in [0.5, 0.6) is 0 Å². The average Bonchev–Trinajstić information content (AvgIpc) is 3.25. The van der Waals surface area contributed by atoms with Crippen molar-refractivity contribution in [3.05, 3.63) is 45.3 Å².